The Kier molecular flexibility index (Phi) is 5.74. The Morgan fingerprint density at radius 2 is 2.04 bits per heavy atom. The molecule has 1 amide bonds. The standard InChI is InChI=1S/C19H29N3O2/c1-20(2)17-5-3-4-16(14-17)6-7-19(23)22-9-8-18(15-22)21-10-12-24-13-11-21/h3-5,14,18H,6-13,15H2,1-2H3/t18-/m1/s1. The van der Waals surface area contributed by atoms with Crippen molar-refractivity contribution in [3.05, 3.63) is 29.8 Å². The summed E-state index contributed by atoms with van der Waals surface area (Å²) in [6.07, 6.45) is 2.52. The van der Waals surface area contributed by atoms with Crippen LogP contribution in [0, 0.1) is 0 Å². The number of carbonyl (C=O) groups is 1. The minimum atomic E-state index is 0.293. The van der Waals surface area contributed by atoms with Gasteiger partial charge in [-0.15, -0.1) is 0 Å². The summed E-state index contributed by atoms with van der Waals surface area (Å²) < 4.78 is 5.42. The van der Waals surface area contributed by atoms with Crippen LogP contribution in [0.2, 0.25) is 0 Å². The molecule has 2 aliphatic heterocycles. The van der Waals surface area contributed by atoms with Crippen LogP contribution < -0.4 is 4.90 Å². The molecule has 0 spiro atoms. The van der Waals surface area contributed by atoms with Crippen LogP contribution >= 0.6 is 0 Å². The molecule has 1 atom stereocenters. The Bertz CT molecular complexity index is 555. The van der Waals surface area contributed by atoms with Crippen LogP contribution in [-0.4, -0.2) is 75.2 Å². The SMILES string of the molecule is CN(C)c1cccc(CCC(=O)N2CC[C@@H](N3CCOCC3)C2)c1. The molecule has 1 aromatic rings. The molecule has 0 radical (unpaired) electrons. The van der Waals surface area contributed by atoms with Gasteiger partial charge in [0, 0.05) is 58.4 Å². The molecule has 0 aromatic heterocycles. The molecule has 0 unspecified atom stereocenters. The number of hydrogen-bond acceptors (Lipinski definition) is 4. The van der Waals surface area contributed by atoms with E-state index in [1.165, 1.54) is 11.3 Å². The summed E-state index contributed by atoms with van der Waals surface area (Å²) in [5.74, 6) is 0.293. The van der Waals surface area contributed by atoms with E-state index in [9.17, 15) is 4.79 Å². The molecule has 5 nitrogen and oxygen atoms in total. The second-order valence-corrected chi connectivity index (χ2v) is 6.99. The van der Waals surface area contributed by atoms with E-state index >= 15 is 0 Å². The highest BCUT2D eigenvalue weighted by atomic mass is 16.5. The van der Waals surface area contributed by atoms with Crippen LogP contribution in [0.5, 0.6) is 0 Å². The molecule has 1 aromatic carbocycles. The van der Waals surface area contributed by atoms with Crippen LogP contribution in [0.3, 0.4) is 0 Å². The van der Waals surface area contributed by atoms with Gasteiger partial charge < -0.3 is 14.5 Å². The molecule has 0 bridgehead atoms. The number of benzene rings is 1. The van der Waals surface area contributed by atoms with Gasteiger partial charge in [0.2, 0.25) is 5.91 Å². The molecule has 5 heteroatoms. The third-order valence-electron chi connectivity index (χ3n) is 5.13. The van der Waals surface area contributed by atoms with Crippen molar-refractivity contribution in [3.8, 4) is 0 Å². The van der Waals surface area contributed by atoms with Crippen molar-refractivity contribution in [2.75, 3.05) is 58.4 Å². The fourth-order valence-electron chi connectivity index (χ4n) is 3.61. The fourth-order valence-corrected chi connectivity index (χ4v) is 3.61. The topological polar surface area (TPSA) is 36.0 Å². The van der Waals surface area contributed by atoms with Crippen LogP contribution in [-0.2, 0) is 16.0 Å². The zero-order valence-electron chi connectivity index (χ0n) is 14.9. The molecular weight excluding hydrogens is 302 g/mol. The molecule has 0 aliphatic carbocycles. The van der Waals surface area contributed by atoms with E-state index in [4.69, 9.17) is 4.74 Å². The third-order valence-corrected chi connectivity index (χ3v) is 5.13. The van der Waals surface area contributed by atoms with Gasteiger partial charge in [0.15, 0.2) is 0 Å². The molecule has 2 heterocycles. The minimum Gasteiger partial charge on any atom is -0.379 e. The van der Waals surface area contributed by atoms with Crippen LogP contribution in [0.4, 0.5) is 5.69 Å². The summed E-state index contributed by atoms with van der Waals surface area (Å²) in [6, 6.07) is 8.97. The maximum atomic E-state index is 12.5. The summed E-state index contributed by atoms with van der Waals surface area (Å²) in [7, 11) is 4.08. The Morgan fingerprint density at radius 3 is 2.79 bits per heavy atom. The number of carbonyl (C=O) groups excluding carboxylic acids is 1. The summed E-state index contributed by atoms with van der Waals surface area (Å²) in [5, 5.41) is 0. The lowest BCUT2D eigenvalue weighted by molar-refractivity contribution is -0.130. The number of morpholine rings is 1. The summed E-state index contributed by atoms with van der Waals surface area (Å²) in [6.45, 7) is 5.45. The Balaban J connectivity index is 1.48. The molecule has 0 saturated carbocycles. The van der Waals surface area contributed by atoms with Crippen LogP contribution in [0.15, 0.2) is 24.3 Å². The Hall–Kier alpha value is -1.59. The third kappa shape index (κ3) is 4.28. The number of anilines is 1. The van der Waals surface area contributed by atoms with Gasteiger partial charge in [0.25, 0.3) is 0 Å². The molecular formula is C19H29N3O2. The van der Waals surface area contributed by atoms with Gasteiger partial charge in [-0.2, -0.15) is 0 Å². The summed E-state index contributed by atoms with van der Waals surface area (Å²) in [4.78, 5) is 19.2. The van der Waals surface area contributed by atoms with Crippen LogP contribution in [0.25, 0.3) is 0 Å². The number of nitrogens with zero attached hydrogens (tertiary/aromatic N) is 3. The highest BCUT2D eigenvalue weighted by Crippen LogP contribution is 2.19. The lowest BCUT2D eigenvalue weighted by Gasteiger charge is -2.32. The van der Waals surface area contributed by atoms with Gasteiger partial charge >= 0.3 is 0 Å². The van der Waals surface area contributed by atoms with Crippen molar-refractivity contribution < 1.29 is 9.53 Å². The highest BCUT2D eigenvalue weighted by molar-refractivity contribution is 5.76. The van der Waals surface area contributed by atoms with E-state index in [1.54, 1.807) is 0 Å². The van der Waals surface area contributed by atoms with Gasteiger partial charge in [-0.05, 0) is 30.5 Å². The summed E-state index contributed by atoms with van der Waals surface area (Å²) in [5.41, 5.74) is 2.42. The van der Waals surface area contributed by atoms with E-state index in [0.717, 1.165) is 52.2 Å². The monoisotopic (exact) mass is 331 g/mol. The quantitative estimate of drug-likeness (QED) is 0.821. The molecule has 132 valence electrons. The van der Waals surface area contributed by atoms with Crippen molar-refractivity contribution in [3.63, 3.8) is 0 Å². The summed E-state index contributed by atoms with van der Waals surface area (Å²) >= 11 is 0. The number of hydrogen-bond donors (Lipinski definition) is 0. The first-order valence-corrected chi connectivity index (χ1v) is 8.99. The molecule has 2 fully saturated rings. The molecule has 2 aliphatic rings. The van der Waals surface area contributed by atoms with E-state index < -0.39 is 0 Å². The van der Waals surface area contributed by atoms with E-state index in [-0.39, 0.29) is 0 Å². The van der Waals surface area contributed by atoms with E-state index in [1.807, 2.05) is 14.1 Å². The molecule has 2 saturated heterocycles. The smallest absolute Gasteiger partial charge is 0.222 e. The second kappa shape index (κ2) is 7.99. The molecule has 3 rings (SSSR count). The van der Waals surface area contributed by atoms with Crippen molar-refractivity contribution in [2.24, 2.45) is 0 Å². The second-order valence-electron chi connectivity index (χ2n) is 6.99. The van der Waals surface area contributed by atoms with Gasteiger partial charge in [-0.25, -0.2) is 0 Å². The molecule has 0 N–H and O–H groups in total. The van der Waals surface area contributed by atoms with Crippen molar-refractivity contribution in [2.45, 2.75) is 25.3 Å². The van der Waals surface area contributed by atoms with Crippen molar-refractivity contribution in [1.82, 2.24) is 9.80 Å². The highest BCUT2D eigenvalue weighted by Gasteiger charge is 2.30. The molecule has 24 heavy (non-hydrogen) atoms. The van der Waals surface area contributed by atoms with E-state index in [2.05, 4.69) is 39.0 Å². The van der Waals surface area contributed by atoms with Crippen LogP contribution in [0.1, 0.15) is 18.4 Å². The maximum Gasteiger partial charge on any atom is 0.222 e. The Morgan fingerprint density at radius 1 is 1.25 bits per heavy atom. The minimum absolute atomic E-state index is 0.293. The maximum absolute atomic E-state index is 12.5. The van der Waals surface area contributed by atoms with E-state index in [0.29, 0.717) is 18.4 Å². The van der Waals surface area contributed by atoms with Crippen molar-refractivity contribution in [1.29, 1.82) is 0 Å². The predicted molar refractivity (Wildman–Crippen MR) is 96.5 cm³/mol. The predicted octanol–water partition coefficient (Wildman–Crippen LogP) is 1.62. The Labute approximate surface area is 145 Å². The number of ether oxygens (including phenoxy) is 1. The number of aryl methyl sites for hydroxylation is 1. The largest absolute Gasteiger partial charge is 0.379 e. The first-order valence-electron chi connectivity index (χ1n) is 8.99. The number of likely N-dealkylation sites (tertiary alicyclic amines) is 1. The average molecular weight is 331 g/mol. The van der Waals surface area contributed by atoms with Crippen molar-refractivity contribution >= 4 is 11.6 Å². The van der Waals surface area contributed by atoms with Gasteiger partial charge in [-0.1, -0.05) is 12.1 Å². The van der Waals surface area contributed by atoms with Gasteiger partial charge in [0.05, 0.1) is 13.2 Å². The average Bonchev–Trinajstić information content (AvgIpc) is 3.11. The fraction of sp³-hybridized carbons (Fsp3) is 0.632. The number of rotatable bonds is 5. The number of amides is 1. The lowest BCUT2D eigenvalue weighted by Crippen LogP contribution is -2.45. The van der Waals surface area contributed by atoms with Gasteiger partial charge in [-0.3, -0.25) is 9.69 Å². The normalized spacial score (nSPS) is 21.9. The zero-order chi connectivity index (χ0) is 16.9. The zero-order valence-corrected chi connectivity index (χ0v) is 14.9. The first-order chi connectivity index (χ1) is 11.6. The lowest BCUT2D eigenvalue weighted by atomic mass is 10.1. The first kappa shape index (κ1) is 17.2. The van der Waals surface area contributed by atoms with Gasteiger partial charge in [0.1, 0.15) is 0 Å².